The Morgan fingerprint density at radius 3 is 0.908 bits per heavy atom. The van der Waals surface area contributed by atoms with Gasteiger partial charge < -0.3 is 56.8 Å². The molecule has 21 heteroatoms. The second-order valence-electron chi connectivity index (χ2n) is 21.1. The van der Waals surface area contributed by atoms with Crippen LogP contribution in [0.25, 0.3) is 0 Å². The molecule has 0 unspecified atom stereocenters. The van der Waals surface area contributed by atoms with Crippen molar-refractivity contribution in [3.63, 3.8) is 0 Å². The predicted octanol–water partition coefficient (Wildman–Crippen LogP) is 14.2. The third-order valence-electron chi connectivity index (χ3n) is 13.6. The fourth-order valence-corrected chi connectivity index (χ4v) is 8.30. The van der Waals surface area contributed by atoms with Gasteiger partial charge in [-0.3, -0.25) is 4.99 Å². The molecule has 0 saturated heterocycles. The van der Waals surface area contributed by atoms with Crippen LogP contribution >= 0.6 is 0 Å². The molecule has 0 N–H and O–H groups in total. The van der Waals surface area contributed by atoms with Crippen molar-refractivity contribution in [3.8, 4) is 46.0 Å². The van der Waals surface area contributed by atoms with Crippen LogP contribution in [0.1, 0.15) is 109 Å². The van der Waals surface area contributed by atoms with Crippen LogP contribution in [-0.2, 0) is 38.1 Å². The molecule has 0 aliphatic carbocycles. The SMILES string of the molecule is C=CC(=O)OCCCCOc1ccc(C(=O)Oc2ccc(C=Nc3ccc(OC(=O)c4ccc(OCCCCOC(=O)C=C)cc4)c(C)c3)cc2)cc1.C=CC(=O)OCCCCOc1ccc(C(=O)Oc2ccc(OC(=O)c3ccc(OCCCCOC(=O)C=C)cc3)c(C)c2)cc1. The molecule has 0 bridgehead atoms. The Labute approximate surface area is 568 Å². The van der Waals surface area contributed by atoms with Gasteiger partial charge in [-0.15, -0.1) is 0 Å². The van der Waals surface area contributed by atoms with E-state index in [1.165, 1.54) is 0 Å². The summed E-state index contributed by atoms with van der Waals surface area (Å²) in [6.07, 6.45) is 11.6. The van der Waals surface area contributed by atoms with Gasteiger partial charge in [0.25, 0.3) is 0 Å². The highest BCUT2D eigenvalue weighted by Gasteiger charge is 2.16. The molecule has 7 aromatic carbocycles. The van der Waals surface area contributed by atoms with Gasteiger partial charge in [0, 0.05) is 30.5 Å². The van der Waals surface area contributed by atoms with Crippen LogP contribution in [0.4, 0.5) is 5.69 Å². The third kappa shape index (κ3) is 27.6. The van der Waals surface area contributed by atoms with Gasteiger partial charge in [0.1, 0.15) is 46.0 Å². The van der Waals surface area contributed by atoms with E-state index in [2.05, 4.69) is 31.3 Å². The van der Waals surface area contributed by atoms with E-state index in [9.17, 15) is 38.4 Å². The molecule has 0 amide bonds. The molecule has 0 aromatic heterocycles. The monoisotopic (exact) mass is 1340 g/mol. The van der Waals surface area contributed by atoms with Crippen molar-refractivity contribution in [1.29, 1.82) is 0 Å². The van der Waals surface area contributed by atoms with Crippen molar-refractivity contribution in [2.75, 3.05) is 52.9 Å². The lowest BCUT2D eigenvalue weighted by Crippen LogP contribution is -2.11. The Morgan fingerprint density at radius 1 is 0.316 bits per heavy atom. The molecule has 0 heterocycles. The maximum atomic E-state index is 12.8. The summed E-state index contributed by atoms with van der Waals surface area (Å²) in [6, 6.07) is 43.3. The summed E-state index contributed by atoms with van der Waals surface area (Å²) in [5, 5.41) is 0. The summed E-state index contributed by atoms with van der Waals surface area (Å²) in [4.78, 5) is 99.4. The number of ether oxygens (including phenoxy) is 12. The molecule has 21 nitrogen and oxygen atoms in total. The number of nitrogens with zero attached hydrogens (tertiary/aromatic N) is 1. The first-order chi connectivity index (χ1) is 47.5. The number of aliphatic imine (C=N–C) groups is 1. The van der Waals surface area contributed by atoms with Gasteiger partial charge in [-0.25, -0.2) is 38.4 Å². The van der Waals surface area contributed by atoms with E-state index < -0.39 is 47.8 Å². The molecular formula is C77H77NO20. The van der Waals surface area contributed by atoms with Crippen molar-refractivity contribution >= 4 is 59.7 Å². The zero-order valence-electron chi connectivity index (χ0n) is 54.7. The first kappa shape index (κ1) is 75.2. The summed E-state index contributed by atoms with van der Waals surface area (Å²) >= 11 is 0. The molecular weight excluding hydrogens is 1260 g/mol. The Morgan fingerprint density at radius 2 is 0.592 bits per heavy atom. The van der Waals surface area contributed by atoms with Crippen LogP contribution in [0.15, 0.2) is 213 Å². The van der Waals surface area contributed by atoms with Gasteiger partial charge in [-0.1, -0.05) is 26.3 Å². The second-order valence-corrected chi connectivity index (χ2v) is 21.1. The fraction of sp³-hybridized carbons (Fsp3) is 0.234. The van der Waals surface area contributed by atoms with Crippen molar-refractivity contribution in [3.05, 3.63) is 247 Å². The highest BCUT2D eigenvalue weighted by atomic mass is 16.6. The molecule has 98 heavy (non-hydrogen) atoms. The Balaban J connectivity index is 0.000000314. The molecule has 510 valence electrons. The Hall–Kier alpha value is -11.9. The molecule has 0 saturated carbocycles. The van der Waals surface area contributed by atoms with Crippen LogP contribution in [-0.4, -0.2) is 107 Å². The average Bonchev–Trinajstić information content (AvgIpc) is 0.891. The number of carbonyl (C=O) groups is 8. The summed E-state index contributed by atoms with van der Waals surface area (Å²) < 4.78 is 64.5. The van der Waals surface area contributed by atoms with E-state index in [4.69, 9.17) is 56.8 Å². The van der Waals surface area contributed by atoms with Crippen LogP contribution in [0, 0.1) is 13.8 Å². The van der Waals surface area contributed by atoms with Crippen molar-refractivity contribution in [2.45, 2.75) is 65.2 Å². The number of esters is 8. The summed E-state index contributed by atoms with van der Waals surface area (Å²) in [7, 11) is 0. The normalized spacial score (nSPS) is 10.4. The highest BCUT2D eigenvalue weighted by molar-refractivity contribution is 5.94. The maximum absolute atomic E-state index is 12.8. The zero-order valence-corrected chi connectivity index (χ0v) is 54.7. The summed E-state index contributed by atoms with van der Waals surface area (Å²) in [6.45, 7) is 19.9. The minimum atomic E-state index is -0.548. The summed E-state index contributed by atoms with van der Waals surface area (Å²) in [5.74, 6) is -0.0277. The smallest absolute Gasteiger partial charge is 0.343 e. The average molecular weight is 1340 g/mol. The molecule has 0 aliphatic rings. The highest BCUT2D eigenvalue weighted by Crippen LogP contribution is 2.28. The van der Waals surface area contributed by atoms with Crippen LogP contribution in [0.5, 0.6) is 46.0 Å². The van der Waals surface area contributed by atoms with E-state index >= 15 is 0 Å². The fourth-order valence-electron chi connectivity index (χ4n) is 8.30. The minimum Gasteiger partial charge on any atom is -0.494 e. The summed E-state index contributed by atoms with van der Waals surface area (Å²) in [5.41, 5.74) is 4.24. The van der Waals surface area contributed by atoms with Crippen LogP contribution < -0.4 is 37.9 Å². The van der Waals surface area contributed by atoms with E-state index in [1.807, 2.05) is 13.0 Å². The van der Waals surface area contributed by atoms with Gasteiger partial charge in [-0.2, -0.15) is 0 Å². The van der Waals surface area contributed by atoms with E-state index in [-0.39, 0.29) is 0 Å². The minimum absolute atomic E-state index is 0.299. The number of hydrogen-bond acceptors (Lipinski definition) is 21. The lowest BCUT2D eigenvalue weighted by molar-refractivity contribution is -0.138. The van der Waals surface area contributed by atoms with Crippen LogP contribution in [0.2, 0.25) is 0 Å². The number of benzene rings is 7. The lowest BCUT2D eigenvalue weighted by atomic mass is 10.2. The van der Waals surface area contributed by atoms with Gasteiger partial charge in [0.2, 0.25) is 0 Å². The van der Waals surface area contributed by atoms with Gasteiger partial charge in [-0.05, 0) is 240 Å². The van der Waals surface area contributed by atoms with Gasteiger partial charge in [0.05, 0.1) is 80.8 Å². The molecule has 0 radical (unpaired) electrons. The van der Waals surface area contributed by atoms with Crippen molar-refractivity contribution in [2.24, 2.45) is 4.99 Å². The molecule has 7 aromatic rings. The molecule has 7 rings (SSSR count). The number of carbonyl (C=O) groups excluding carboxylic acids is 8. The first-order valence-electron chi connectivity index (χ1n) is 31.3. The molecule has 0 spiro atoms. The van der Waals surface area contributed by atoms with Crippen molar-refractivity contribution < 1.29 is 95.2 Å². The quantitative estimate of drug-likeness (QED) is 0.00869. The van der Waals surface area contributed by atoms with Crippen LogP contribution in [0.3, 0.4) is 0 Å². The Bertz CT molecular complexity index is 3840. The lowest BCUT2D eigenvalue weighted by Gasteiger charge is -2.11. The van der Waals surface area contributed by atoms with Gasteiger partial charge >= 0.3 is 47.8 Å². The second kappa shape index (κ2) is 41.8. The standard InChI is InChI=1S/C42H41NO10.C35H36O10/c1-4-39(44)50-26-8-6-24-48-35-19-12-32(13-20-35)41(46)52-37-17-10-31(11-18-37)29-43-34-16-23-38(30(3)28-34)53-42(47)33-14-21-36(22-15-33)49-25-7-9-27-51-40(45)5-2;1-4-32(36)42-22-8-6-20-40-28-14-10-26(11-15-28)34(38)44-30-18-19-31(25(3)24-30)45-35(39)27-12-16-29(17-13-27)41-21-7-9-23-43-33(37)5-2/h4-5,10-23,28-29H,1-2,6-9,24-27H2,3H3;4-5,10-19,24H,1-2,6-9,20-23H2,3H3. The van der Waals surface area contributed by atoms with Crippen molar-refractivity contribution in [1.82, 2.24) is 0 Å². The molecule has 0 fully saturated rings. The maximum Gasteiger partial charge on any atom is 0.343 e. The van der Waals surface area contributed by atoms with E-state index in [1.54, 1.807) is 165 Å². The van der Waals surface area contributed by atoms with E-state index in [0.717, 1.165) is 35.4 Å². The van der Waals surface area contributed by atoms with Gasteiger partial charge in [0.15, 0.2) is 0 Å². The molecule has 0 atom stereocenters. The largest absolute Gasteiger partial charge is 0.494 e. The first-order valence-corrected chi connectivity index (χ1v) is 31.3. The topological polar surface area (TPSA) is 260 Å². The molecule has 0 aliphatic heterocycles. The number of hydrogen-bond donors (Lipinski definition) is 0. The number of unbranched alkanes of at least 4 members (excludes halogenated alkanes) is 4. The number of rotatable bonds is 38. The zero-order chi connectivity index (χ0) is 70.3. The Kier molecular flexibility index (Phi) is 32.0. The third-order valence-corrected chi connectivity index (χ3v) is 13.6. The van der Waals surface area contributed by atoms with E-state index in [0.29, 0.717) is 184 Å². The predicted molar refractivity (Wildman–Crippen MR) is 365 cm³/mol. The number of aryl methyl sites for hydroxylation is 2.